The molecule has 26 heavy (non-hydrogen) atoms. The molecule has 2 aromatic carbocycles. The van der Waals surface area contributed by atoms with Gasteiger partial charge in [-0.05, 0) is 44.5 Å². The molecule has 2 atom stereocenters. The van der Waals surface area contributed by atoms with Gasteiger partial charge in [0.1, 0.15) is 24.2 Å². The molecule has 0 spiro atoms. The number of hydrogen-bond donors (Lipinski definition) is 1. The van der Waals surface area contributed by atoms with Gasteiger partial charge in [-0.3, -0.25) is 4.79 Å². The first-order chi connectivity index (χ1) is 12.4. The fraction of sp³-hybridized carbons (Fsp3) is 0.381. The van der Waals surface area contributed by atoms with Crippen molar-refractivity contribution in [3.8, 4) is 11.5 Å². The van der Waals surface area contributed by atoms with Gasteiger partial charge in [-0.25, -0.2) is 0 Å². The normalized spacial score (nSPS) is 13.0. The summed E-state index contributed by atoms with van der Waals surface area (Å²) < 4.78 is 11.3. The molecule has 0 aliphatic heterocycles. The van der Waals surface area contributed by atoms with Gasteiger partial charge >= 0.3 is 0 Å². The molecule has 0 aromatic heterocycles. The lowest BCUT2D eigenvalue weighted by Crippen LogP contribution is -2.43. The third kappa shape index (κ3) is 5.77. The van der Waals surface area contributed by atoms with Crippen molar-refractivity contribution in [2.75, 3.05) is 20.2 Å². The second-order valence-electron chi connectivity index (χ2n) is 6.53. The van der Waals surface area contributed by atoms with Crippen LogP contribution in [-0.4, -0.2) is 48.3 Å². The largest absolute Gasteiger partial charge is 0.491 e. The minimum atomic E-state index is -0.784. The Morgan fingerprint density at radius 3 is 2.50 bits per heavy atom. The number of aryl methyl sites for hydroxylation is 2. The fourth-order valence-electron chi connectivity index (χ4n) is 2.67. The number of carbonyl (C=O) groups is 1. The Labute approximate surface area is 155 Å². The van der Waals surface area contributed by atoms with Gasteiger partial charge in [-0.15, -0.1) is 0 Å². The molecule has 5 heteroatoms. The van der Waals surface area contributed by atoms with Crippen LogP contribution in [0.5, 0.6) is 11.5 Å². The van der Waals surface area contributed by atoms with Crippen molar-refractivity contribution in [3.63, 3.8) is 0 Å². The first-order valence-corrected chi connectivity index (χ1v) is 8.71. The molecular formula is C21H27NO4. The molecular weight excluding hydrogens is 330 g/mol. The summed E-state index contributed by atoms with van der Waals surface area (Å²) in [5.74, 6) is 1.18. The predicted molar refractivity (Wildman–Crippen MR) is 102 cm³/mol. The third-order valence-electron chi connectivity index (χ3n) is 4.03. The Balaban J connectivity index is 1.81. The molecule has 140 valence electrons. The van der Waals surface area contributed by atoms with E-state index in [4.69, 9.17) is 9.47 Å². The standard InChI is InChI=1S/C21H27NO4/c1-15-10-11-20(16(2)12-15)25-14-18(23)13-22(4)21(24)17(3)26-19-8-6-5-7-9-19/h5-12,17-18,23H,13-14H2,1-4H3/t17-,18-/m1/s1. The first kappa shape index (κ1) is 19.8. The lowest BCUT2D eigenvalue weighted by molar-refractivity contribution is -0.138. The van der Waals surface area contributed by atoms with E-state index >= 15 is 0 Å². The molecule has 5 nitrogen and oxygen atoms in total. The van der Waals surface area contributed by atoms with Crippen LogP contribution in [0.3, 0.4) is 0 Å². The summed E-state index contributed by atoms with van der Waals surface area (Å²) in [4.78, 5) is 13.9. The van der Waals surface area contributed by atoms with Crippen molar-refractivity contribution in [2.45, 2.75) is 33.0 Å². The van der Waals surface area contributed by atoms with Gasteiger partial charge in [0.2, 0.25) is 0 Å². The van der Waals surface area contributed by atoms with Gasteiger partial charge < -0.3 is 19.5 Å². The molecule has 1 amide bonds. The molecule has 0 saturated carbocycles. The maximum Gasteiger partial charge on any atom is 0.263 e. The van der Waals surface area contributed by atoms with Crippen LogP contribution in [0.25, 0.3) is 0 Å². The zero-order chi connectivity index (χ0) is 19.1. The van der Waals surface area contributed by atoms with Crippen LogP contribution < -0.4 is 9.47 Å². The van der Waals surface area contributed by atoms with Crippen LogP contribution in [0.15, 0.2) is 48.5 Å². The molecule has 1 N–H and O–H groups in total. The highest BCUT2D eigenvalue weighted by Crippen LogP contribution is 2.19. The number of amides is 1. The third-order valence-corrected chi connectivity index (χ3v) is 4.03. The Morgan fingerprint density at radius 1 is 1.15 bits per heavy atom. The zero-order valence-electron chi connectivity index (χ0n) is 15.8. The second-order valence-corrected chi connectivity index (χ2v) is 6.53. The molecule has 2 aromatic rings. The fourth-order valence-corrected chi connectivity index (χ4v) is 2.67. The number of benzene rings is 2. The quantitative estimate of drug-likeness (QED) is 0.789. The van der Waals surface area contributed by atoms with Crippen LogP contribution in [-0.2, 0) is 4.79 Å². The number of aliphatic hydroxyl groups is 1. The molecule has 0 heterocycles. The van der Waals surface area contributed by atoms with Crippen LogP contribution in [0.4, 0.5) is 0 Å². The van der Waals surface area contributed by atoms with Crippen molar-refractivity contribution in [3.05, 3.63) is 59.7 Å². The Hall–Kier alpha value is -2.53. The molecule has 0 unspecified atom stereocenters. The smallest absolute Gasteiger partial charge is 0.263 e. The number of rotatable bonds is 8. The lowest BCUT2D eigenvalue weighted by atomic mass is 10.1. The van der Waals surface area contributed by atoms with Crippen molar-refractivity contribution < 1.29 is 19.4 Å². The van der Waals surface area contributed by atoms with Crippen molar-refractivity contribution in [1.82, 2.24) is 4.90 Å². The van der Waals surface area contributed by atoms with Crippen molar-refractivity contribution in [1.29, 1.82) is 0 Å². The van der Waals surface area contributed by atoms with E-state index in [2.05, 4.69) is 0 Å². The summed E-state index contributed by atoms with van der Waals surface area (Å²) in [6.07, 6.45) is -1.41. The molecule has 0 aliphatic rings. The molecule has 0 saturated heterocycles. The molecule has 2 rings (SSSR count). The molecule has 0 radical (unpaired) electrons. The molecule has 0 bridgehead atoms. The van der Waals surface area contributed by atoms with Gasteiger partial charge in [0.25, 0.3) is 5.91 Å². The Kier molecular flexibility index (Phi) is 7.04. The van der Waals surface area contributed by atoms with Crippen LogP contribution in [0, 0.1) is 13.8 Å². The lowest BCUT2D eigenvalue weighted by Gasteiger charge is -2.24. The minimum absolute atomic E-state index is 0.120. The van der Waals surface area contributed by atoms with Gasteiger partial charge in [0, 0.05) is 13.6 Å². The number of ether oxygens (including phenoxy) is 2. The summed E-state index contributed by atoms with van der Waals surface area (Å²) in [5.41, 5.74) is 2.18. The van der Waals surface area contributed by atoms with Gasteiger partial charge in [0.15, 0.2) is 6.10 Å². The highest BCUT2D eigenvalue weighted by Gasteiger charge is 2.21. The number of hydrogen-bond acceptors (Lipinski definition) is 4. The van der Waals surface area contributed by atoms with E-state index in [1.54, 1.807) is 26.1 Å². The second kappa shape index (κ2) is 9.25. The number of para-hydroxylation sites is 1. The van der Waals surface area contributed by atoms with E-state index in [1.165, 1.54) is 4.90 Å². The van der Waals surface area contributed by atoms with E-state index in [1.807, 2.05) is 50.2 Å². The highest BCUT2D eigenvalue weighted by molar-refractivity contribution is 5.80. The van der Waals surface area contributed by atoms with E-state index in [0.717, 1.165) is 16.9 Å². The Morgan fingerprint density at radius 2 is 1.85 bits per heavy atom. The maximum absolute atomic E-state index is 12.4. The highest BCUT2D eigenvalue weighted by atomic mass is 16.5. The van der Waals surface area contributed by atoms with E-state index in [-0.39, 0.29) is 19.1 Å². The summed E-state index contributed by atoms with van der Waals surface area (Å²) in [6, 6.07) is 15.1. The van der Waals surface area contributed by atoms with E-state index < -0.39 is 12.2 Å². The van der Waals surface area contributed by atoms with Crippen LogP contribution >= 0.6 is 0 Å². The van der Waals surface area contributed by atoms with Crippen molar-refractivity contribution in [2.24, 2.45) is 0 Å². The minimum Gasteiger partial charge on any atom is -0.491 e. The van der Waals surface area contributed by atoms with Crippen LogP contribution in [0.1, 0.15) is 18.1 Å². The van der Waals surface area contributed by atoms with Gasteiger partial charge in [0.05, 0.1) is 0 Å². The molecule has 0 fully saturated rings. The van der Waals surface area contributed by atoms with E-state index in [9.17, 15) is 9.90 Å². The summed E-state index contributed by atoms with van der Waals surface area (Å²) >= 11 is 0. The number of aliphatic hydroxyl groups excluding tert-OH is 1. The number of nitrogens with zero attached hydrogens (tertiary/aromatic N) is 1. The topological polar surface area (TPSA) is 59.0 Å². The average Bonchev–Trinajstić information content (AvgIpc) is 2.61. The molecule has 0 aliphatic carbocycles. The van der Waals surface area contributed by atoms with Gasteiger partial charge in [-0.1, -0.05) is 35.9 Å². The SMILES string of the molecule is Cc1ccc(OC[C@H](O)CN(C)C(=O)[C@@H](C)Oc2ccccc2)c(C)c1. The maximum atomic E-state index is 12.4. The summed E-state index contributed by atoms with van der Waals surface area (Å²) in [7, 11) is 1.65. The predicted octanol–water partition coefficient (Wildman–Crippen LogP) is 2.97. The first-order valence-electron chi connectivity index (χ1n) is 8.71. The zero-order valence-corrected chi connectivity index (χ0v) is 15.8. The van der Waals surface area contributed by atoms with Crippen LogP contribution in [0.2, 0.25) is 0 Å². The average molecular weight is 357 g/mol. The summed E-state index contributed by atoms with van der Waals surface area (Å²) in [6.45, 7) is 5.98. The monoisotopic (exact) mass is 357 g/mol. The van der Waals surface area contributed by atoms with Crippen molar-refractivity contribution >= 4 is 5.91 Å². The number of carbonyl (C=O) groups excluding carboxylic acids is 1. The number of likely N-dealkylation sites (N-methyl/N-ethyl adjacent to an activating group) is 1. The van der Waals surface area contributed by atoms with Gasteiger partial charge in [-0.2, -0.15) is 0 Å². The summed E-state index contributed by atoms with van der Waals surface area (Å²) in [5, 5.41) is 10.2. The van der Waals surface area contributed by atoms with E-state index in [0.29, 0.717) is 5.75 Å². The Bertz CT molecular complexity index is 717.